The van der Waals surface area contributed by atoms with Crippen LogP contribution in [-0.2, 0) is 4.74 Å². The average Bonchev–Trinajstić information content (AvgIpc) is 2.03. The van der Waals surface area contributed by atoms with Crippen LogP contribution in [0.4, 0.5) is 0 Å². The molecule has 1 rings (SSSR count). The van der Waals surface area contributed by atoms with Crippen molar-refractivity contribution in [2.75, 3.05) is 39.4 Å². The van der Waals surface area contributed by atoms with Crippen LogP contribution in [-0.4, -0.2) is 44.3 Å². The van der Waals surface area contributed by atoms with Gasteiger partial charge in [0.15, 0.2) is 0 Å². The third kappa shape index (κ3) is 2.64. The van der Waals surface area contributed by atoms with Gasteiger partial charge in [-0.05, 0) is 6.54 Å². The van der Waals surface area contributed by atoms with E-state index in [2.05, 4.69) is 17.3 Å². The number of hydrogen-bond acceptors (Lipinski definition) is 2. The van der Waals surface area contributed by atoms with E-state index < -0.39 is 0 Å². The molecule has 1 aliphatic heterocycles. The first-order valence-electron chi connectivity index (χ1n) is 3.66. The lowest BCUT2D eigenvalue weighted by atomic mass is 10.4. The molecule has 3 nitrogen and oxygen atoms in total. The Kier molecular flexibility index (Phi) is 3.72. The van der Waals surface area contributed by atoms with Crippen LogP contribution in [0, 0.1) is 7.05 Å². The van der Waals surface area contributed by atoms with Gasteiger partial charge in [0, 0.05) is 19.6 Å². The van der Waals surface area contributed by atoms with Crippen molar-refractivity contribution in [2.45, 2.75) is 0 Å². The summed E-state index contributed by atoms with van der Waals surface area (Å²) in [6.45, 7) is 5.73. The second kappa shape index (κ2) is 4.66. The van der Waals surface area contributed by atoms with Crippen LogP contribution in [0.2, 0.25) is 0 Å². The maximum absolute atomic E-state index is 5.19. The molecule has 0 spiro atoms. The summed E-state index contributed by atoms with van der Waals surface area (Å²) in [5, 5.41) is 3.80. The van der Waals surface area contributed by atoms with Gasteiger partial charge >= 0.3 is 0 Å². The lowest BCUT2D eigenvalue weighted by Crippen LogP contribution is -2.38. The van der Waals surface area contributed by atoms with Crippen molar-refractivity contribution >= 4 is 0 Å². The first-order valence-corrected chi connectivity index (χ1v) is 3.66. The topological polar surface area (TPSA) is 26.6 Å². The molecule has 0 aromatic rings. The molecule has 0 bridgehead atoms. The van der Waals surface area contributed by atoms with Crippen LogP contribution in [0.25, 0.3) is 0 Å². The highest BCUT2D eigenvalue weighted by molar-refractivity contribution is 4.62. The number of nitrogens with zero attached hydrogens (tertiary/aromatic N) is 2. The van der Waals surface area contributed by atoms with Gasteiger partial charge in [0.25, 0.3) is 0 Å². The third-order valence-corrected chi connectivity index (χ3v) is 1.68. The van der Waals surface area contributed by atoms with Gasteiger partial charge < -0.3 is 10.1 Å². The minimum Gasteiger partial charge on any atom is -0.423 e. The van der Waals surface area contributed by atoms with Gasteiger partial charge in [-0.3, -0.25) is 11.9 Å². The Bertz CT molecular complexity index is 81.7. The molecule has 59 valence electrons. The molecule has 0 aliphatic carbocycles. The average molecular weight is 142 g/mol. The molecule has 0 unspecified atom stereocenters. The Morgan fingerprint density at radius 1 is 1.40 bits per heavy atom. The molecular formula is C7H14N2O-. The maximum Gasteiger partial charge on any atom is 0.0594 e. The predicted molar refractivity (Wildman–Crippen MR) is 39.6 cm³/mol. The van der Waals surface area contributed by atoms with E-state index in [0.717, 1.165) is 39.4 Å². The highest BCUT2D eigenvalue weighted by Crippen LogP contribution is 1.94. The largest absolute Gasteiger partial charge is 0.423 e. The molecule has 1 heterocycles. The predicted octanol–water partition coefficient (Wildman–Crippen LogP) is -0.285. The Morgan fingerprint density at radius 3 is 2.70 bits per heavy atom. The summed E-state index contributed by atoms with van der Waals surface area (Å²) < 4.78 is 5.19. The minimum absolute atomic E-state index is 0.847. The molecule has 3 heteroatoms. The van der Waals surface area contributed by atoms with Crippen LogP contribution in [0.1, 0.15) is 0 Å². The van der Waals surface area contributed by atoms with E-state index >= 15 is 0 Å². The molecule has 0 N–H and O–H groups in total. The zero-order valence-corrected chi connectivity index (χ0v) is 6.25. The van der Waals surface area contributed by atoms with Crippen molar-refractivity contribution in [3.63, 3.8) is 0 Å². The third-order valence-electron chi connectivity index (χ3n) is 1.68. The summed E-state index contributed by atoms with van der Waals surface area (Å²) in [5.74, 6) is 0. The Hall–Kier alpha value is -0.120. The number of hydrogen-bond donors (Lipinski definition) is 0. The van der Waals surface area contributed by atoms with Crippen molar-refractivity contribution in [2.24, 2.45) is 0 Å². The van der Waals surface area contributed by atoms with Crippen LogP contribution in [0.3, 0.4) is 0 Å². The van der Waals surface area contributed by atoms with Gasteiger partial charge in [-0.15, -0.1) is 0 Å². The Balaban J connectivity index is 2.02. The quantitative estimate of drug-likeness (QED) is 0.506. The fourth-order valence-corrected chi connectivity index (χ4v) is 1.04. The van der Waals surface area contributed by atoms with Crippen molar-refractivity contribution < 1.29 is 4.74 Å². The summed E-state index contributed by atoms with van der Waals surface area (Å²) in [4.78, 5) is 2.35. The van der Waals surface area contributed by atoms with E-state index in [1.54, 1.807) is 0 Å². The molecule has 0 atom stereocenters. The zero-order valence-electron chi connectivity index (χ0n) is 6.25. The summed E-state index contributed by atoms with van der Waals surface area (Å²) in [6.07, 6.45) is 0. The van der Waals surface area contributed by atoms with E-state index in [0.29, 0.717) is 0 Å². The van der Waals surface area contributed by atoms with Crippen molar-refractivity contribution in [1.29, 1.82) is 0 Å². The fraction of sp³-hybridized carbons (Fsp3) is 0.857. The molecule has 10 heavy (non-hydrogen) atoms. The van der Waals surface area contributed by atoms with E-state index in [9.17, 15) is 0 Å². The molecule has 0 saturated carbocycles. The lowest BCUT2D eigenvalue weighted by molar-refractivity contribution is 0.0387. The van der Waals surface area contributed by atoms with E-state index in [1.807, 2.05) is 0 Å². The molecule has 0 aromatic heterocycles. The van der Waals surface area contributed by atoms with E-state index in [4.69, 9.17) is 4.74 Å². The minimum atomic E-state index is 0.847. The standard InChI is InChI=1S/C7H14N2O/c1-8-2-3-9-4-6-10-7-5-9/h1-7H2/q-1. The van der Waals surface area contributed by atoms with Crippen LogP contribution < -0.4 is 5.32 Å². The van der Waals surface area contributed by atoms with Crippen molar-refractivity contribution in [3.8, 4) is 0 Å². The SMILES string of the molecule is [CH2-][N]CCN1CCOCC1. The second-order valence-electron chi connectivity index (χ2n) is 2.40. The summed E-state index contributed by atoms with van der Waals surface area (Å²) in [6, 6.07) is 0. The first-order chi connectivity index (χ1) is 4.93. The maximum atomic E-state index is 5.19. The molecule has 1 radical (unpaired) electrons. The van der Waals surface area contributed by atoms with Gasteiger partial charge in [0.1, 0.15) is 0 Å². The van der Waals surface area contributed by atoms with Crippen molar-refractivity contribution in [1.82, 2.24) is 10.2 Å². The Labute approximate surface area is 62.3 Å². The molecule has 0 amide bonds. The van der Waals surface area contributed by atoms with Crippen LogP contribution in [0.15, 0.2) is 0 Å². The zero-order chi connectivity index (χ0) is 7.23. The summed E-state index contributed by atoms with van der Waals surface area (Å²) in [7, 11) is 3.44. The normalized spacial score (nSPS) is 21.3. The second-order valence-corrected chi connectivity index (χ2v) is 2.40. The number of ether oxygens (including phenoxy) is 1. The fourth-order valence-electron chi connectivity index (χ4n) is 1.04. The van der Waals surface area contributed by atoms with E-state index in [1.165, 1.54) is 0 Å². The highest BCUT2D eigenvalue weighted by Gasteiger charge is 2.07. The molecule has 1 saturated heterocycles. The number of rotatable bonds is 3. The van der Waals surface area contributed by atoms with Gasteiger partial charge in [0.05, 0.1) is 13.2 Å². The van der Waals surface area contributed by atoms with Crippen LogP contribution in [0.5, 0.6) is 0 Å². The summed E-state index contributed by atoms with van der Waals surface area (Å²) >= 11 is 0. The lowest BCUT2D eigenvalue weighted by Gasteiger charge is -2.26. The summed E-state index contributed by atoms with van der Waals surface area (Å²) in [5.41, 5.74) is 0. The first kappa shape index (κ1) is 7.98. The van der Waals surface area contributed by atoms with E-state index in [-0.39, 0.29) is 0 Å². The molecule has 0 aromatic carbocycles. The molecule has 1 aliphatic rings. The van der Waals surface area contributed by atoms with Crippen LogP contribution >= 0.6 is 0 Å². The van der Waals surface area contributed by atoms with Crippen molar-refractivity contribution in [3.05, 3.63) is 7.05 Å². The van der Waals surface area contributed by atoms with Gasteiger partial charge in [-0.2, -0.15) is 0 Å². The molecular weight excluding hydrogens is 128 g/mol. The highest BCUT2D eigenvalue weighted by atomic mass is 16.5. The molecule has 1 fully saturated rings. The Morgan fingerprint density at radius 2 is 2.10 bits per heavy atom. The van der Waals surface area contributed by atoms with Gasteiger partial charge in [-0.25, -0.2) is 0 Å². The van der Waals surface area contributed by atoms with Gasteiger partial charge in [-0.1, -0.05) is 0 Å². The van der Waals surface area contributed by atoms with Gasteiger partial charge in [0.2, 0.25) is 0 Å². The smallest absolute Gasteiger partial charge is 0.0594 e. The monoisotopic (exact) mass is 142 g/mol. The number of morpholine rings is 1.